The molecule has 0 radical (unpaired) electrons. The van der Waals surface area contributed by atoms with Crippen molar-refractivity contribution in [1.29, 1.82) is 0 Å². The molecule has 3 saturated heterocycles. The second-order valence-electron chi connectivity index (χ2n) is 6.20. The summed E-state index contributed by atoms with van der Waals surface area (Å²) in [5, 5.41) is 3.41. The summed E-state index contributed by atoms with van der Waals surface area (Å²) in [7, 11) is -0.700. The van der Waals surface area contributed by atoms with Gasteiger partial charge in [0, 0.05) is 24.2 Å². The largest absolute Gasteiger partial charge is 0.317 e. The van der Waals surface area contributed by atoms with Gasteiger partial charge in [-0.15, -0.1) is 0 Å². The van der Waals surface area contributed by atoms with Gasteiger partial charge in [-0.1, -0.05) is 6.42 Å². The molecule has 3 fully saturated rings. The maximum atomic E-state index is 11.7. The second kappa shape index (κ2) is 4.76. The minimum absolute atomic E-state index is 0.308. The van der Waals surface area contributed by atoms with Crippen LogP contribution in [0.1, 0.15) is 38.5 Å². The molecule has 0 saturated carbocycles. The van der Waals surface area contributed by atoms with Gasteiger partial charge in [0.2, 0.25) is 0 Å². The molecule has 18 heavy (non-hydrogen) atoms. The van der Waals surface area contributed by atoms with E-state index in [1.54, 1.807) is 0 Å². The van der Waals surface area contributed by atoms with Crippen molar-refractivity contribution in [2.75, 3.05) is 18.6 Å². The predicted octanol–water partition coefficient (Wildman–Crippen LogP) is 0.778. The molecule has 3 atom stereocenters. The van der Waals surface area contributed by atoms with Crippen LogP contribution in [0.5, 0.6) is 0 Å². The Balaban J connectivity index is 1.76. The van der Waals surface area contributed by atoms with Crippen molar-refractivity contribution < 1.29 is 8.42 Å². The minimum Gasteiger partial charge on any atom is -0.317 e. The molecule has 104 valence electrons. The van der Waals surface area contributed by atoms with E-state index in [0.29, 0.717) is 35.7 Å². The van der Waals surface area contributed by atoms with E-state index in [1.807, 2.05) is 0 Å². The Morgan fingerprint density at radius 2 is 1.72 bits per heavy atom. The monoisotopic (exact) mass is 272 g/mol. The number of piperidine rings is 2. The molecule has 0 amide bonds. The topological polar surface area (TPSA) is 49.4 Å². The van der Waals surface area contributed by atoms with Gasteiger partial charge in [-0.05, 0) is 39.2 Å². The Bertz CT molecular complexity index is 395. The van der Waals surface area contributed by atoms with E-state index >= 15 is 0 Å². The minimum atomic E-state index is -2.75. The number of rotatable bonds is 2. The zero-order valence-electron chi connectivity index (χ0n) is 11.1. The van der Waals surface area contributed by atoms with Crippen LogP contribution in [0.15, 0.2) is 0 Å². The van der Waals surface area contributed by atoms with Gasteiger partial charge in [0.15, 0.2) is 9.84 Å². The predicted molar refractivity (Wildman–Crippen MR) is 72.4 cm³/mol. The average Bonchev–Trinajstić information content (AvgIpc) is 2.67. The van der Waals surface area contributed by atoms with Crippen molar-refractivity contribution in [2.45, 2.75) is 62.7 Å². The van der Waals surface area contributed by atoms with Crippen LogP contribution < -0.4 is 5.32 Å². The summed E-state index contributed by atoms with van der Waals surface area (Å²) in [6, 6.07) is 2.18. The molecule has 0 aromatic rings. The first-order valence-electron chi connectivity index (χ1n) is 7.24. The maximum absolute atomic E-state index is 11.7. The van der Waals surface area contributed by atoms with Gasteiger partial charge in [0.25, 0.3) is 0 Å². The second-order valence-corrected chi connectivity index (χ2v) is 8.43. The van der Waals surface area contributed by atoms with Crippen LogP contribution in [-0.2, 0) is 9.84 Å². The van der Waals surface area contributed by atoms with Crippen LogP contribution in [0.2, 0.25) is 0 Å². The first kappa shape index (κ1) is 12.9. The highest BCUT2D eigenvalue weighted by Gasteiger charge is 2.44. The summed E-state index contributed by atoms with van der Waals surface area (Å²) < 4.78 is 23.4. The smallest absolute Gasteiger partial charge is 0.151 e. The zero-order valence-corrected chi connectivity index (χ0v) is 12.0. The van der Waals surface area contributed by atoms with Crippen molar-refractivity contribution in [3.8, 4) is 0 Å². The number of nitrogens with zero attached hydrogens (tertiary/aromatic N) is 1. The molecule has 0 aromatic heterocycles. The van der Waals surface area contributed by atoms with E-state index in [2.05, 4.69) is 17.3 Å². The van der Waals surface area contributed by atoms with Gasteiger partial charge in [0.1, 0.15) is 0 Å². The molecule has 0 spiro atoms. The van der Waals surface area contributed by atoms with Crippen LogP contribution in [0.3, 0.4) is 0 Å². The third-order valence-corrected chi connectivity index (χ3v) is 6.82. The van der Waals surface area contributed by atoms with Crippen LogP contribution in [0, 0.1) is 0 Å². The first-order chi connectivity index (χ1) is 8.59. The summed E-state index contributed by atoms with van der Waals surface area (Å²) >= 11 is 0. The fourth-order valence-corrected chi connectivity index (χ4v) is 5.98. The zero-order chi connectivity index (χ0) is 12.8. The third-order valence-electron chi connectivity index (χ3n) is 5.07. The molecular formula is C13H24N2O2S. The molecular weight excluding hydrogens is 248 g/mol. The van der Waals surface area contributed by atoms with Gasteiger partial charge in [-0.2, -0.15) is 0 Å². The maximum Gasteiger partial charge on any atom is 0.151 e. The van der Waals surface area contributed by atoms with Crippen LogP contribution in [-0.4, -0.2) is 56.0 Å². The quantitative estimate of drug-likeness (QED) is 0.807. The van der Waals surface area contributed by atoms with E-state index in [9.17, 15) is 8.42 Å². The molecule has 3 rings (SSSR count). The Labute approximate surface area is 110 Å². The summed E-state index contributed by atoms with van der Waals surface area (Å²) in [5.74, 6) is 0.813. The number of hydrogen-bond acceptors (Lipinski definition) is 4. The standard InChI is InChI=1S/C13H24N2O2S/c1-14-10-7-11-3-2-4-12(8-10)15(11)13-5-6-18(16,17)9-13/h10-14H,2-9H2,1H3. The van der Waals surface area contributed by atoms with Gasteiger partial charge in [-0.25, -0.2) is 8.42 Å². The lowest BCUT2D eigenvalue weighted by atomic mass is 9.80. The molecule has 4 nitrogen and oxygen atoms in total. The summed E-state index contributed by atoms with van der Waals surface area (Å²) in [4.78, 5) is 2.59. The van der Waals surface area contributed by atoms with Crippen LogP contribution >= 0.6 is 0 Å². The highest BCUT2D eigenvalue weighted by atomic mass is 32.2. The van der Waals surface area contributed by atoms with Crippen molar-refractivity contribution in [1.82, 2.24) is 10.2 Å². The summed E-state index contributed by atoms with van der Waals surface area (Å²) in [6.07, 6.45) is 7.09. The molecule has 1 N–H and O–H groups in total. The SMILES string of the molecule is CNC1CC2CCCC(C1)N2C1CCS(=O)(=O)C1. The van der Waals surface area contributed by atoms with Crippen molar-refractivity contribution in [3.05, 3.63) is 0 Å². The summed E-state index contributed by atoms with van der Waals surface area (Å²) in [6.45, 7) is 0. The Hall–Kier alpha value is -0.130. The Morgan fingerprint density at radius 1 is 1.06 bits per heavy atom. The van der Waals surface area contributed by atoms with E-state index in [-0.39, 0.29) is 0 Å². The number of sulfone groups is 1. The molecule has 3 unspecified atom stereocenters. The van der Waals surface area contributed by atoms with Gasteiger partial charge in [0.05, 0.1) is 11.5 Å². The van der Waals surface area contributed by atoms with E-state index in [1.165, 1.54) is 32.1 Å². The highest BCUT2D eigenvalue weighted by Crippen LogP contribution is 2.37. The molecule has 0 aromatic carbocycles. The van der Waals surface area contributed by atoms with E-state index in [0.717, 1.165) is 6.42 Å². The van der Waals surface area contributed by atoms with E-state index < -0.39 is 9.84 Å². The lowest BCUT2D eigenvalue weighted by Gasteiger charge is -2.51. The molecule has 5 heteroatoms. The highest BCUT2D eigenvalue weighted by molar-refractivity contribution is 7.91. The van der Waals surface area contributed by atoms with Crippen molar-refractivity contribution >= 4 is 9.84 Å². The van der Waals surface area contributed by atoms with Gasteiger partial charge >= 0.3 is 0 Å². The molecule has 2 bridgehead atoms. The lowest BCUT2D eigenvalue weighted by Crippen LogP contribution is -2.59. The lowest BCUT2D eigenvalue weighted by molar-refractivity contribution is -0.00192. The van der Waals surface area contributed by atoms with E-state index in [4.69, 9.17) is 0 Å². The number of hydrogen-bond donors (Lipinski definition) is 1. The Kier molecular flexibility index (Phi) is 3.41. The van der Waals surface area contributed by atoms with Gasteiger partial charge in [-0.3, -0.25) is 4.90 Å². The average molecular weight is 272 g/mol. The van der Waals surface area contributed by atoms with Crippen molar-refractivity contribution in [2.24, 2.45) is 0 Å². The van der Waals surface area contributed by atoms with Gasteiger partial charge < -0.3 is 5.32 Å². The van der Waals surface area contributed by atoms with Crippen molar-refractivity contribution in [3.63, 3.8) is 0 Å². The molecule has 3 aliphatic rings. The molecule has 3 heterocycles. The van der Waals surface area contributed by atoms with Crippen LogP contribution in [0.25, 0.3) is 0 Å². The number of fused-ring (bicyclic) bond motifs is 2. The Morgan fingerprint density at radius 3 is 2.22 bits per heavy atom. The number of nitrogens with one attached hydrogen (secondary N) is 1. The third kappa shape index (κ3) is 2.32. The fraction of sp³-hybridized carbons (Fsp3) is 1.00. The summed E-state index contributed by atoms with van der Waals surface area (Å²) in [5.41, 5.74) is 0. The fourth-order valence-electron chi connectivity index (χ4n) is 4.26. The molecule has 3 aliphatic heterocycles. The van der Waals surface area contributed by atoms with Crippen LogP contribution in [0.4, 0.5) is 0 Å². The molecule has 0 aliphatic carbocycles. The normalized spacial score (nSPS) is 44.1. The first-order valence-corrected chi connectivity index (χ1v) is 9.06.